The van der Waals surface area contributed by atoms with Gasteiger partial charge in [0.25, 0.3) is 0 Å². The zero-order chi connectivity index (χ0) is 17.8. The van der Waals surface area contributed by atoms with E-state index in [9.17, 15) is 5.11 Å². The van der Waals surface area contributed by atoms with E-state index in [1.54, 1.807) is 7.11 Å². The molecule has 2 N–H and O–H groups in total. The molecule has 0 aromatic carbocycles. The Morgan fingerprint density at radius 2 is 1.96 bits per heavy atom. The van der Waals surface area contributed by atoms with Crippen molar-refractivity contribution in [2.24, 2.45) is 11.8 Å². The average molecular weight is 346 g/mol. The van der Waals surface area contributed by atoms with E-state index in [4.69, 9.17) is 4.74 Å². The Kier molecular flexibility index (Phi) is 6.40. The number of allylic oxidation sites excluding steroid dienone is 2. The summed E-state index contributed by atoms with van der Waals surface area (Å²) in [6.45, 7) is 5.34. The molecular weight excluding hydrogens is 310 g/mol. The lowest BCUT2D eigenvalue weighted by Crippen LogP contribution is -2.47. The Bertz CT molecular complexity index is 554. The lowest BCUT2D eigenvalue weighted by Gasteiger charge is -2.37. The summed E-state index contributed by atoms with van der Waals surface area (Å²) in [7, 11) is 1.79. The largest absolute Gasteiger partial charge is 0.511 e. The van der Waals surface area contributed by atoms with Crippen LogP contribution in [0.5, 0.6) is 0 Å². The minimum atomic E-state index is 0.175. The van der Waals surface area contributed by atoms with Gasteiger partial charge >= 0.3 is 0 Å². The van der Waals surface area contributed by atoms with Crippen molar-refractivity contribution in [2.45, 2.75) is 77.3 Å². The van der Waals surface area contributed by atoms with Gasteiger partial charge in [-0.1, -0.05) is 36.5 Å². The molecule has 1 saturated carbocycles. The van der Waals surface area contributed by atoms with Crippen molar-refractivity contribution in [3.05, 3.63) is 34.6 Å². The number of aliphatic hydroxyl groups excluding tert-OH is 1. The minimum absolute atomic E-state index is 0.175. The molecule has 3 unspecified atom stereocenters. The van der Waals surface area contributed by atoms with Gasteiger partial charge in [-0.3, -0.25) is 0 Å². The first kappa shape index (κ1) is 18.7. The molecule has 3 rings (SSSR count). The van der Waals surface area contributed by atoms with Crippen molar-refractivity contribution in [1.82, 2.24) is 5.32 Å². The molecule has 3 heteroatoms. The number of ether oxygens (including phenoxy) is 1. The summed E-state index contributed by atoms with van der Waals surface area (Å²) in [5.74, 6) is 1.72. The summed E-state index contributed by atoms with van der Waals surface area (Å²) in [6, 6.07) is 0.615. The van der Waals surface area contributed by atoms with Crippen LogP contribution in [-0.2, 0) is 4.74 Å². The third kappa shape index (κ3) is 4.57. The maximum Gasteiger partial charge on any atom is 0.106 e. The monoisotopic (exact) mass is 345 g/mol. The van der Waals surface area contributed by atoms with Crippen molar-refractivity contribution in [1.29, 1.82) is 0 Å². The molecule has 0 saturated heterocycles. The molecule has 0 amide bonds. The predicted octanol–water partition coefficient (Wildman–Crippen LogP) is 5.06. The van der Waals surface area contributed by atoms with Crippen LogP contribution < -0.4 is 5.32 Å². The quantitative estimate of drug-likeness (QED) is 0.732. The van der Waals surface area contributed by atoms with Crippen LogP contribution in [-0.4, -0.2) is 30.9 Å². The molecule has 3 nitrogen and oxygen atoms in total. The van der Waals surface area contributed by atoms with Crippen molar-refractivity contribution >= 4 is 0 Å². The second kappa shape index (κ2) is 8.55. The fourth-order valence-electron chi connectivity index (χ4n) is 5.05. The van der Waals surface area contributed by atoms with Crippen LogP contribution in [0.2, 0.25) is 0 Å². The molecule has 1 fully saturated rings. The zero-order valence-electron chi connectivity index (χ0n) is 16.2. The Morgan fingerprint density at radius 3 is 2.64 bits per heavy atom. The Labute approximate surface area is 153 Å². The number of nitrogens with one attached hydrogen (secondary N) is 1. The van der Waals surface area contributed by atoms with Gasteiger partial charge in [0, 0.05) is 19.1 Å². The molecular formula is C22H35NO2. The number of methoxy groups -OCH3 is 1. The van der Waals surface area contributed by atoms with E-state index in [1.165, 1.54) is 48.8 Å². The van der Waals surface area contributed by atoms with Gasteiger partial charge in [0.1, 0.15) is 5.76 Å². The van der Waals surface area contributed by atoms with Crippen LogP contribution in [0.1, 0.15) is 65.2 Å². The fourth-order valence-corrected chi connectivity index (χ4v) is 5.05. The minimum Gasteiger partial charge on any atom is -0.511 e. The van der Waals surface area contributed by atoms with Gasteiger partial charge in [-0.25, -0.2) is 0 Å². The van der Waals surface area contributed by atoms with Crippen LogP contribution in [0.15, 0.2) is 34.6 Å². The van der Waals surface area contributed by atoms with Gasteiger partial charge in [-0.15, -0.1) is 0 Å². The van der Waals surface area contributed by atoms with Crippen LogP contribution in [0.25, 0.3) is 0 Å². The number of hydrogen-bond acceptors (Lipinski definition) is 3. The topological polar surface area (TPSA) is 41.5 Å². The first-order valence-electron chi connectivity index (χ1n) is 10.1. The van der Waals surface area contributed by atoms with Crippen molar-refractivity contribution in [3.63, 3.8) is 0 Å². The zero-order valence-corrected chi connectivity index (χ0v) is 16.2. The van der Waals surface area contributed by atoms with Crippen molar-refractivity contribution in [2.75, 3.05) is 13.7 Å². The smallest absolute Gasteiger partial charge is 0.106 e. The molecule has 3 atom stereocenters. The SMILES string of the molecule is COCC1C=C(C)C(CC2CC=C(O)C(C3CCCCC3)N2)=C(C)C1. The lowest BCUT2D eigenvalue weighted by molar-refractivity contribution is 0.168. The van der Waals surface area contributed by atoms with Crippen molar-refractivity contribution in [3.8, 4) is 0 Å². The highest BCUT2D eigenvalue weighted by Gasteiger charge is 2.32. The average Bonchev–Trinajstić information content (AvgIpc) is 2.60. The summed E-state index contributed by atoms with van der Waals surface area (Å²) >= 11 is 0. The van der Waals surface area contributed by atoms with Gasteiger partial charge in [-0.2, -0.15) is 0 Å². The van der Waals surface area contributed by atoms with Gasteiger partial charge in [-0.05, 0) is 63.5 Å². The Morgan fingerprint density at radius 1 is 1.20 bits per heavy atom. The highest BCUT2D eigenvalue weighted by atomic mass is 16.5. The molecule has 1 heterocycles. The van der Waals surface area contributed by atoms with E-state index in [2.05, 4.69) is 31.3 Å². The van der Waals surface area contributed by atoms with Crippen LogP contribution >= 0.6 is 0 Å². The summed E-state index contributed by atoms with van der Waals surface area (Å²) in [5.41, 5.74) is 4.44. The molecule has 2 aliphatic carbocycles. The first-order chi connectivity index (χ1) is 12.1. The van der Waals surface area contributed by atoms with E-state index < -0.39 is 0 Å². The molecule has 1 aliphatic heterocycles. The molecule has 0 radical (unpaired) electrons. The van der Waals surface area contributed by atoms with Crippen LogP contribution in [0.4, 0.5) is 0 Å². The molecule has 0 bridgehead atoms. The normalized spacial score (nSPS) is 31.7. The second-order valence-corrected chi connectivity index (χ2v) is 8.34. The molecule has 25 heavy (non-hydrogen) atoms. The van der Waals surface area contributed by atoms with E-state index in [1.807, 2.05) is 0 Å². The lowest BCUT2D eigenvalue weighted by atomic mass is 9.79. The van der Waals surface area contributed by atoms with Gasteiger partial charge in [0.05, 0.1) is 12.6 Å². The van der Waals surface area contributed by atoms with E-state index >= 15 is 0 Å². The highest BCUT2D eigenvalue weighted by molar-refractivity contribution is 5.38. The van der Waals surface area contributed by atoms with Gasteiger partial charge in [0.2, 0.25) is 0 Å². The summed E-state index contributed by atoms with van der Waals surface area (Å²) in [5, 5.41) is 14.2. The van der Waals surface area contributed by atoms with E-state index in [0.717, 1.165) is 25.9 Å². The molecule has 0 aromatic heterocycles. The molecule has 0 spiro atoms. The maximum absolute atomic E-state index is 10.4. The fraction of sp³-hybridized carbons (Fsp3) is 0.727. The Balaban J connectivity index is 1.65. The number of rotatable bonds is 5. The molecule has 0 aromatic rings. The second-order valence-electron chi connectivity index (χ2n) is 8.34. The number of aliphatic hydroxyl groups is 1. The summed E-state index contributed by atoms with van der Waals surface area (Å²) in [4.78, 5) is 0. The summed E-state index contributed by atoms with van der Waals surface area (Å²) < 4.78 is 5.34. The first-order valence-corrected chi connectivity index (χ1v) is 10.1. The van der Waals surface area contributed by atoms with E-state index in [-0.39, 0.29) is 6.04 Å². The van der Waals surface area contributed by atoms with Gasteiger partial charge < -0.3 is 15.2 Å². The van der Waals surface area contributed by atoms with Gasteiger partial charge in [0.15, 0.2) is 0 Å². The van der Waals surface area contributed by atoms with Crippen LogP contribution in [0.3, 0.4) is 0 Å². The standard InChI is InChI=1S/C22H35NO2/c1-15-11-17(14-25-3)12-16(2)20(15)13-19-9-10-21(24)22(23-19)18-7-5-4-6-8-18/h10-11,17-19,22-24H,4-9,12-14H2,1-3H3. The number of hydrogen-bond donors (Lipinski definition) is 2. The summed E-state index contributed by atoms with van der Waals surface area (Å²) in [6.07, 6.45) is 14.1. The molecule has 140 valence electrons. The third-order valence-corrected chi connectivity index (χ3v) is 6.34. The predicted molar refractivity (Wildman–Crippen MR) is 104 cm³/mol. The highest BCUT2D eigenvalue weighted by Crippen LogP contribution is 2.35. The van der Waals surface area contributed by atoms with E-state index in [0.29, 0.717) is 23.6 Å². The maximum atomic E-state index is 10.4. The van der Waals surface area contributed by atoms with Crippen molar-refractivity contribution < 1.29 is 9.84 Å². The Hall–Kier alpha value is -1.06. The van der Waals surface area contributed by atoms with Crippen LogP contribution in [0, 0.1) is 11.8 Å². The third-order valence-electron chi connectivity index (χ3n) is 6.34. The molecule has 3 aliphatic rings.